The molecule has 0 N–H and O–H groups in total. The summed E-state index contributed by atoms with van der Waals surface area (Å²) < 4.78 is 122. The lowest BCUT2D eigenvalue weighted by molar-refractivity contribution is 0.0724. The van der Waals surface area contributed by atoms with Gasteiger partial charge in [0.15, 0.2) is 46.3 Å². The van der Waals surface area contributed by atoms with E-state index in [2.05, 4.69) is 41.5 Å². The summed E-state index contributed by atoms with van der Waals surface area (Å²) in [4.78, 5) is 49.0. The number of esters is 4. The maximum absolute atomic E-state index is 14.3. The van der Waals surface area contributed by atoms with Gasteiger partial charge in [0.2, 0.25) is 0 Å². The van der Waals surface area contributed by atoms with Crippen molar-refractivity contribution >= 4 is 23.9 Å². The minimum Gasteiger partial charge on any atom is -0.494 e. The fraction of sp³-hybridized carbons (Fsp3) is 0.447. The Morgan fingerprint density at radius 1 is 0.211 bits per heavy atom. The Morgan fingerprint density at radius 2 is 0.412 bits per heavy atom. The summed E-state index contributed by atoms with van der Waals surface area (Å²) in [7, 11) is 0. The van der Waals surface area contributed by atoms with Gasteiger partial charge in [-0.15, -0.1) is 0 Å². The fourth-order valence-electron chi connectivity index (χ4n) is 10.9. The first-order chi connectivity index (χ1) is 55.5. The molecule has 0 radical (unpaired) electrons. The van der Waals surface area contributed by atoms with E-state index in [0.717, 1.165) is 126 Å². The molecule has 8 aromatic rings. The van der Waals surface area contributed by atoms with Crippen LogP contribution in [-0.4, -0.2) is 76.7 Å². The average molecular weight is 1580 g/mol. The first kappa shape index (κ1) is 94.4. The van der Waals surface area contributed by atoms with E-state index in [4.69, 9.17) is 56.8 Å². The van der Waals surface area contributed by atoms with Crippen LogP contribution in [0.25, 0.3) is 0 Å². The van der Waals surface area contributed by atoms with Crippen molar-refractivity contribution in [3.8, 4) is 69.0 Å². The van der Waals surface area contributed by atoms with Crippen molar-refractivity contribution in [3.63, 3.8) is 0 Å². The summed E-state index contributed by atoms with van der Waals surface area (Å²) in [6.45, 7) is 21.2. The molecule has 16 nitrogen and oxygen atoms in total. The van der Waals surface area contributed by atoms with Gasteiger partial charge in [0.1, 0.15) is 46.0 Å². The largest absolute Gasteiger partial charge is 0.494 e. The van der Waals surface area contributed by atoms with Crippen LogP contribution in [-0.2, 0) is 0 Å². The minimum absolute atomic E-state index is 0.136. The standard InChI is InChI=1S/C25H33FO4.C24H31FO4.C23H29FO4.C22H27FO4/c1-3-5-7-8-10-18-29-24-16-11-20(19-23(24)26)25(27)30-22-14-12-21(13-15-22)28-17-9-6-4-2;1-3-5-7-8-9-17-28-23-15-10-19(18-22(23)25)24(26)29-21-13-11-20(12-14-21)27-16-6-4-2;1-3-5-6-7-8-16-27-22-14-9-18(17-21(22)24)23(25)28-20-12-10-19(11-13-20)26-15-4-2;1-3-5-6-7-8-15-26-21-14-9-17(16-20(21)23)22(24)27-19-12-10-18(11-13-19)25-4-2/h11-16,19H,3-10,17-18H2,1-2H3;10-15,18H,3-9,16-17H2,1-2H3;9-14,17H,3-8,15-16H2,1-2H3;9-14,16H,3-8,15H2,1-2H3. The molecule has 0 spiro atoms. The number of rotatable bonds is 50. The highest BCUT2D eigenvalue weighted by Gasteiger charge is 2.19. The molecular weight excluding hydrogens is 1460 g/mol. The van der Waals surface area contributed by atoms with Crippen molar-refractivity contribution in [1.29, 1.82) is 0 Å². The SMILES string of the molecule is CCCCCCCOc1ccc(C(=O)Oc2ccc(OCC)cc2)cc1F.CCCCCCCOc1ccc(C(=O)Oc2ccc(OCCC)cc2)cc1F.CCCCCCCOc1ccc(C(=O)Oc2ccc(OCCCC)cc2)cc1F.CCCCCCCOc1ccc(C(=O)Oc2ccc(OCCCCC)cc2)cc1F. The highest BCUT2D eigenvalue weighted by molar-refractivity contribution is 5.93. The number of unbranched alkanes of at least 4 members (excludes halogenated alkanes) is 19. The number of hydrogen-bond donors (Lipinski definition) is 0. The van der Waals surface area contributed by atoms with Crippen LogP contribution < -0.4 is 56.8 Å². The summed E-state index contributed by atoms with van der Waals surface area (Å²) >= 11 is 0. The Labute approximate surface area is 673 Å². The molecule has 620 valence electrons. The normalized spacial score (nSPS) is 10.6. The summed E-state index contributed by atoms with van der Waals surface area (Å²) in [6.07, 6.45) is 28.3. The zero-order valence-electron chi connectivity index (χ0n) is 68.3. The second-order valence-electron chi connectivity index (χ2n) is 27.1. The summed E-state index contributed by atoms with van der Waals surface area (Å²) in [5.74, 6) is 0.277. The number of carbonyl (C=O) groups excluding carboxylic acids is 4. The molecule has 0 bridgehead atoms. The van der Waals surface area contributed by atoms with Gasteiger partial charge in [-0.25, -0.2) is 36.7 Å². The Balaban J connectivity index is 0.000000272. The number of benzene rings is 8. The molecule has 20 heteroatoms. The molecule has 0 aliphatic carbocycles. The van der Waals surface area contributed by atoms with Gasteiger partial charge in [-0.2, -0.15) is 0 Å². The fourth-order valence-corrected chi connectivity index (χ4v) is 10.9. The third-order valence-corrected chi connectivity index (χ3v) is 17.4. The van der Waals surface area contributed by atoms with Crippen molar-refractivity contribution in [1.82, 2.24) is 0 Å². The first-order valence-electron chi connectivity index (χ1n) is 41.0. The molecule has 8 aromatic carbocycles. The van der Waals surface area contributed by atoms with E-state index in [1.54, 1.807) is 97.1 Å². The predicted octanol–water partition coefficient (Wildman–Crippen LogP) is 25.5. The van der Waals surface area contributed by atoms with E-state index in [1.165, 1.54) is 126 Å². The average Bonchev–Trinajstić information content (AvgIpc) is 0.861. The minimum atomic E-state index is -0.621. The lowest BCUT2D eigenvalue weighted by Gasteiger charge is -2.10. The van der Waals surface area contributed by atoms with Crippen LogP contribution in [0.4, 0.5) is 17.6 Å². The van der Waals surface area contributed by atoms with E-state index in [-0.39, 0.29) is 45.3 Å². The van der Waals surface area contributed by atoms with Gasteiger partial charge < -0.3 is 56.8 Å². The maximum atomic E-state index is 14.3. The summed E-state index contributed by atoms with van der Waals surface area (Å²) in [5.41, 5.74) is 0.555. The molecule has 0 aliphatic heterocycles. The van der Waals surface area contributed by atoms with Crippen molar-refractivity contribution < 1.29 is 93.6 Å². The van der Waals surface area contributed by atoms with E-state index in [1.807, 2.05) is 13.8 Å². The third-order valence-electron chi connectivity index (χ3n) is 17.4. The lowest BCUT2D eigenvalue weighted by Crippen LogP contribution is -2.09. The molecule has 0 fully saturated rings. The van der Waals surface area contributed by atoms with E-state index in [0.29, 0.717) is 87.4 Å². The monoisotopic (exact) mass is 1580 g/mol. The molecular formula is C94H120F4O16. The second kappa shape index (κ2) is 57.7. The van der Waals surface area contributed by atoms with Crippen LogP contribution in [0.1, 0.15) is 264 Å². The van der Waals surface area contributed by atoms with Crippen LogP contribution >= 0.6 is 0 Å². The topological polar surface area (TPSA) is 179 Å². The number of hydrogen-bond acceptors (Lipinski definition) is 16. The molecule has 114 heavy (non-hydrogen) atoms. The van der Waals surface area contributed by atoms with Crippen LogP contribution in [0, 0.1) is 23.3 Å². The zero-order chi connectivity index (χ0) is 82.2. The molecule has 0 aromatic heterocycles. The van der Waals surface area contributed by atoms with Crippen LogP contribution in [0.2, 0.25) is 0 Å². The molecule has 8 rings (SSSR count). The lowest BCUT2D eigenvalue weighted by atomic mass is 10.2. The van der Waals surface area contributed by atoms with Crippen LogP contribution in [0.3, 0.4) is 0 Å². The van der Waals surface area contributed by atoms with E-state index >= 15 is 0 Å². The maximum Gasteiger partial charge on any atom is 0.343 e. The van der Waals surface area contributed by atoms with Crippen molar-refractivity contribution in [2.24, 2.45) is 0 Å². The Morgan fingerprint density at radius 3 is 0.649 bits per heavy atom. The van der Waals surface area contributed by atoms with Gasteiger partial charge in [-0.1, -0.05) is 170 Å². The Hall–Kier alpha value is -10.2. The number of ether oxygens (including phenoxy) is 12. The van der Waals surface area contributed by atoms with Crippen LogP contribution in [0.5, 0.6) is 69.0 Å². The summed E-state index contributed by atoms with van der Waals surface area (Å²) in [6, 6.07) is 43.6. The van der Waals surface area contributed by atoms with Gasteiger partial charge in [-0.3, -0.25) is 0 Å². The van der Waals surface area contributed by atoms with E-state index < -0.39 is 47.1 Å². The van der Waals surface area contributed by atoms with Crippen molar-refractivity contribution in [2.75, 3.05) is 52.9 Å². The molecule has 0 heterocycles. The summed E-state index contributed by atoms with van der Waals surface area (Å²) in [5, 5.41) is 0. The van der Waals surface area contributed by atoms with Gasteiger partial charge >= 0.3 is 23.9 Å². The van der Waals surface area contributed by atoms with Crippen molar-refractivity contribution in [2.45, 2.75) is 222 Å². The molecule has 0 amide bonds. The molecule has 0 atom stereocenters. The number of carbonyl (C=O) groups is 4. The smallest absolute Gasteiger partial charge is 0.343 e. The highest BCUT2D eigenvalue weighted by Crippen LogP contribution is 2.29. The molecule has 0 unspecified atom stereocenters. The van der Waals surface area contributed by atoms with E-state index in [9.17, 15) is 36.7 Å². The Kier molecular flexibility index (Phi) is 47.8. The highest BCUT2D eigenvalue weighted by atomic mass is 19.1. The second-order valence-corrected chi connectivity index (χ2v) is 27.1. The third kappa shape index (κ3) is 38.5. The van der Waals surface area contributed by atoms with Gasteiger partial charge in [0, 0.05) is 0 Å². The predicted molar refractivity (Wildman–Crippen MR) is 441 cm³/mol. The molecule has 0 aliphatic rings. The number of halogens is 4. The van der Waals surface area contributed by atoms with Gasteiger partial charge in [-0.05, 0) is 222 Å². The quantitative estimate of drug-likeness (QED) is 0.0152. The van der Waals surface area contributed by atoms with Gasteiger partial charge in [0.25, 0.3) is 0 Å². The van der Waals surface area contributed by atoms with Crippen LogP contribution in [0.15, 0.2) is 170 Å². The molecule has 0 saturated carbocycles. The zero-order valence-corrected chi connectivity index (χ0v) is 68.3. The van der Waals surface area contributed by atoms with Gasteiger partial charge in [0.05, 0.1) is 75.1 Å². The first-order valence-corrected chi connectivity index (χ1v) is 41.0. The molecule has 0 saturated heterocycles. The Bertz CT molecular complexity index is 3970. The van der Waals surface area contributed by atoms with Crippen molar-refractivity contribution in [3.05, 3.63) is 215 Å².